The van der Waals surface area contributed by atoms with E-state index in [2.05, 4.69) is 10.1 Å². The van der Waals surface area contributed by atoms with Crippen LogP contribution in [0, 0.1) is 0 Å². The van der Waals surface area contributed by atoms with E-state index in [1.807, 2.05) is 4.90 Å². The predicted molar refractivity (Wildman–Crippen MR) is 85.2 cm³/mol. The maximum absolute atomic E-state index is 12.4. The van der Waals surface area contributed by atoms with E-state index in [9.17, 15) is 22.8 Å². The lowest BCUT2D eigenvalue weighted by molar-refractivity contribution is -0.274. The molecule has 1 N–H and O–H groups in total. The zero-order valence-corrected chi connectivity index (χ0v) is 13.9. The van der Waals surface area contributed by atoms with Crippen LogP contribution < -0.4 is 15.0 Å². The van der Waals surface area contributed by atoms with Crippen molar-refractivity contribution < 1.29 is 28.9 Å². The molecule has 1 aromatic carbocycles. The van der Waals surface area contributed by atoms with Crippen molar-refractivity contribution in [1.29, 1.82) is 0 Å². The standard InChI is InChI=1S/C16H20F3N3O3/c1-11(20-12(2)23)15(24)22-8-6-21(7-9-22)13-4-3-5-14(10-13)25-16(17,18)19/h3-5,10-11H,6-9H2,1-2H3,(H,20,23)/t11-/m1/s1/i5D. The Labute approximate surface area is 144 Å². The number of piperazine rings is 1. The van der Waals surface area contributed by atoms with E-state index in [0.29, 0.717) is 31.9 Å². The third kappa shape index (κ3) is 5.54. The van der Waals surface area contributed by atoms with Crippen LogP contribution >= 0.6 is 0 Å². The van der Waals surface area contributed by atoms with Gasteiger partial charge in [-0.25, -0.2) is 0 Å². The Morgan fingerprint density at radius 3 is 2.52 bits per heavy atom. The van der Waals surface area contributed by atoms with E-state index in [1.54, 1.807) is 17.9 Å². The van der Waals surface area contributed by atoms with Crippen LogP contribution in [0.1, 0.15) is 15.2 Å². The van der Waals surface area contributed by atoms with Gasteiger partial charge in [-0.3, -0.25) is 9.59 Å². The van der Waals surface area contributed by atoms with Gasteiger partial charge in [-0.15, -0.1) is 13.2 Å². The third-order valence-electron chi connectivity index (χ3n) is 3.73. The van der Waals surface area contributed by atoms with Gasteiger partial charge in [-0.1, -0.05) is 6.07 Å². The number of nitrogens with zero attached hydrogens (tertiary/aromatic N) is 2. The second-order valence-corrected chi connectivity index (χ2v) is 5.69. The van der Waals surface area contributed by atoms with Crippen molar-refractivity contribution in [2.24, 2.45) is 0 Å². The Hall–Kier alpha value is -2.45. The van der Waals surface area contributed by atoms with E-state index >= 15 is 0 Å². The van der Waals surface area contributed by atoms with E-state index in [1.165, 1.54) is 19.1 Å². The number of carbonyl (C=O) groups is 2. The lowest BCUT2D eigenvalue weighted by atomic mass is 10.2. The smallest absolute Gasteiger partial charge is 0.406 e. The number of ether oxygens (including phenoxy) is 1. The maximum Gasteiger partial charge on any atom is 0.573 e. The van der Waals surface area contributed by atoms with Crippen molar-refractivity contribution in [2.75, 3.05) is 31.1 Å². The minimum absolute atomic E-state index is 0.206. The summed E-state index contributed by atoms with van der Waals surface area (Å²) in [6, 6.07) is 2.97. The number of nitrogens with one attached hydrogen (secondary N) is 1. The molecule has 0 unspecified atom stereocenters. The van der Waals surface area contributed by atoms with Crippen LogP contribution in [0.25, 0.3) is 0 Å². The fraction of sp³-hybridized carbons (Fsp3) is 0.500. The Kier molecular flexibility index (Phi) is 5.30. The first-order chi connectivity index (χ1) is 12.1. The van der Waals surface area contributed by atoms with Crippen LogP contribution in [0.3, 0.4) is 0 Å². The Morgan fingerprint density at radius 2 is 1.96 bits per heavy atom. The number of halogens is 3. The number of anilines is 1. The van der Waals surface area contributed by atoms with Gasteiger partial charge in [0.15, 0.2) is 0 Å². The summed E-state index contributed by atoms with van der Waals surface area (Å²) in [6.07, 6.45) is -4.86. The summed E-state index contributed by atoms with van der Waals surface area (Å²) in [7, 11) is 0. The highest BCUT2D eigenvalue weighted by molar-refractivity contribution is 5.86. The first-order valence-electron chi connectivity index (χ1n) is 8.24. The monoisotopic (exact) mass is 360 g/mol. The van der Waals surface area contributed by atoms with Gasteiger partial charge in [-0.2, -0.15) is 0 Å². The average molecular weight is 360 g/mol. The maximum atomic E-state index is 12.4. The molecule has 1 atom stereocenters. The summed E-state index contributed by atoms with van der Waals surface area (Å²) in [5.74, 6) is -1.06. The number of amides is 2. The van der Waals surface area contributed by atoms with Gasteiger partial charge in [0.25, 0.3) is 0 Å². The zero-order valence-electron chi connectivity index (χ0n) is 14.9. The highest BCUT2D eigenvalue weighted by atomic mass is 19.4. The largest absolute Gasteiger partial charge is 0.573 e. The van der Waals surface area contributed by atoms with E-state index < -0.39 is 18.2 Å². The molecule has 0 bridgehead atoms. The molecule has 0 aliphatic carbocycles. The fourth-order valence-electron chi connectivity index (χ4n) is 2.64. The van der Waals surface area contributed by atoms with Crippen molar-refractivity contribution in [1.82, 2.24) is 10.2 Å². The minimum atomic E-state index is -4.86. The van der Waals surface area contributed by atoms with Crippen LogP contribution in [0.5, 0.6) is 5.75 Å². The molecule has 2 rings (SSSR count). The minimum Gasteiger partial charge on any atom is -0.406 e. The summed E-state index contributed by atoms with van der Waals surface area (Å²) in [5, 5.41) is 2.53. The van der Waals surface area contributed by atoms with Crippen LogP contribution in [-0.4, -0.2) is 55.3 Å². The summed E-state index contributed by atoms with van der Waals surface area (Å²) in [6.45, 7) is 4.52. The van der Waals surface area contributed by atoms with Gasteiger partial charge < -0.3 is 19.9 Å². The van der Waals surface area contributed by atoms with E-state index in [4.69, 9.17) is 1.37 Å². The molecule has 9 heteroatoms. The number of alkyl halides is 3. The normalized spacial score (nSPS) is 16.9. The van der Waals surface area contributed by atoms with Crippen molar-refractivity contribution in [3.8, 4) is 5.75 Å². The molecule has 1 aromatic rings. The molecule has 25 heavy (non-hydrogen) atoms. The van der Waals surface area contributed by atoms with Gasteiger partial charge in [0.2, 0.25) is 11.8 Å². The molecule has 0 saturated carbocycles. The summed E-state index contributed by atoms with van der Waals surface area (Å²) >= 11 is 0. The second kappa shape index (κ2) is 7.62. The van der Waals surface area contributed by atoms with Gasteiger partial charge in [0.1, 0.15) is 11.8 Å². The molecule has 6 nitrogen and oxygen atoms in total. The molecule has 2 amide bonds. The molecule has 0 aromatic heterocycles. The first kappa shape index (κ1) is 17.4. The highest BCUT2D eigenvalue weighted by Crippen LogP contribution is 2.27. The SMILES string of the molecule is [2H]c1ccc(N2CCN(C(=O)[C@@H](C)NC(C)=O)CC2)cc1OC(F)(F)F. The fourth-order valence-corrected chi connectivity index (χ4v) is 2.64. The molecule has 0 spiro atoms. The van der Waals surface area contributed by atoms with Crippen molar-refractivity contribution in [3.63, 3.8) is 0 Å². The molecular formula is C16H20F3N3O3. The molecule has 0 radical (unpaired) electrons. The predicted octanol–water partition coefficient (Wildman–Crippen LogP) is 1.76. The Morgan fingerprint density at radius 1 is 1.32 bits per heavy atom. The Bertz CT molecular complexity index is 676. The summed E-state index contributed by atoms with van der Waals surface area (Å²) < 4.78 is 48.6. The number of benzene rings is 1. The molecule has 1 saturated heterocycles. The summed E-state index contributed by atoms with van der Waals surface area (Å²) in [5.41, 5.74) is 0.488. The lowest BCUT2D eigenvalue weighted by Crippen LogP contribution is -2.54. The third-order valence-corrected chi connectivity index (χ3v) is 3.73. The van der Waals surface area contributed by atoms with E-state index in [0.717, 1.165) is 0 Å². The molecule has 138 valence electrons. The molecular weight excluding hydrogens is 339 g/mol. The van der Waals surface area contributed by atoms with Crippen LogP contribution in [0.4, 0.5) is 18.9 Å². The topological polar surface area (TPSA) is 61.9 Å². The zero-order chi connectivity index (χ0) is 19.5. The second-order valence-electron chi connectivity index (χ2n) is 5.69. The first-order valence-corrected chi connectivity index (χ1v) is 7.74. The van der Waals surface area contributed by atoms with Crippen molar-refractivity contribution >= 4 is 17.5 Å². The quantitative estimate of drug-likeness (QED) is 0.889. The van der Waals surface area contributed by atoms with Crippen molar-refractivity contribution in [2.45, 2.75) is 26.3 Å². The van der Waals surface area contributed by atoms with Crippen LogP contribution in [0.15, 0.2) is 24.2 Å². The molecule has 1 aliphatic heterocycles. The van der Waals surface area contributed by atoms with Crippen LogP contribution in [0.2, 0.25) is 0 Å². The number of rotatable bonds is 4. The average Bonchev–Trinajstić information content (AvgIpc) is 2.54. The van der Waals surface area contributed by atoms with Gasteiger partial charge >= 0.3 is 6.36 Å². The lowest BCUT2D eigenvalue weighted by Gasteiger charge is -2.37. The van der Waals surface area contributed by atoms with Gasteiger partial charge in [0, 0.05) is 44.9 Å². The molecule has 1 heterocycles. The van der Waals surface area contributed by atoms with Gasteiger partial charge in [-0.05, 0) is 19.0 Å². The Balaban J connectivity index is 2.00. The van der Waals surface area contributed by atoms with Crippen LogP contribution in [-0.2, 0) is 9.59 Å². The number of carbonyl (C=O) groups excluding carboxylic acids is 2. The summed E-state index contributed by atoms with van der Waals surface area (Å²) in [4.78, 5) is 26.7. The van der Waals surface area contributed by atoms with Gasteiger partial charge in [0.05, 0.1) is 1.37 Å². The number of hydrogen-bond donors (Lipinski definition) is 1. The molecule has 1 fully saturated rings. The van der Waals surface area contributed by atoms with Crippen molar-refractivity contribution in [3.05, 3.63) is 24.2 Å². The number of hydrogen-bond acceptors (Lipinski definition) is 4. The highest BCUT2D eigenvalue weighted by Gasteiger charge is 2.31. The molecule has 1 aliphatic rings. The van der Waals surface area contributed by atoms with E-state index in [-0.39, 0.29) is 17.9 Å².